The van der Waals surface area contributed by atoms with Gasteiger partial charge in [0.2, 0.25) is 11.8 Å². The maximum atomic E-state index is 13.1. The summed E-state index contributed by atoms with van der Waals surface area (Å²) >= 11 is 0. The maximum absolute atomic E-state index is 13.1. The minimum atomic E-state index is -0.400. The molecule has 2 N–H and O–H groups in total. The SMILES string of the molecule is CC(C)C(=O)Nc1ccc(NC(=O)C(c2ccccc2)c2ccccc2)cc1. The molecular weight excluding hydrogens is 348 g/mol. The number of amides is 2. The van der Waals surface area contributed by atoms with Crippen molar-refractivity contribution in [3.8, 4) is 0 Å². The number of hydrogen-bond acceptors (Lipinski definition) is 2. The summed E-state index contributed by atoms with van der Waals surface area (Å²) < 4.78 is 0. The van der Waals surface area contributed by atoms with Gasteiger partial charge in [-0.3, -0.25) is 9.59 Å². The summed E-state index contributed by atoms with van der Waals surface area (Å²) in [5.41, 5.74) is 3.27. The molecule has 3 rings (SSSR count). The molecule has 28 heavy (non-hydrogen) atoms. The number of benzene rings is 3. The highest BCUT2D eigenvalue weighted by molar-refractivity contribution is 5.98. The van der Waals surface area contributed by atoms with Gasteiger partial charge in [0, 0.05) is 17.3 Å². The first-order valence-electron chi connectivity index (χ1n) is 9.36. The average molecular weight is 372 g/mol. The summed E-state index contributed by atoms with van der Waals surface area (Å²) in [6.45, 7) is 3.69. The second-order valence-corrected chi connectivity index (χ2v) is 6.96. The van der Waals surface area contributed by atoms with E-state index in [4.69, 9.17) is 0 Å². The summed E-state index contributed by atoms with van der Waals surface area (Å²) in [6, 6.07) is 26.6. The Balaban J connectivity index is 1.78. The zero-order valence-corrected chi connectivity index (χ0v) is 16.1. The molecule has 142 valence electrons. The van der Waals surface area contributed by atoms with Gasteiger partial charge in [-0.15, -0.1) is 0 Å². The van der Waals surface area contributed by atoms with Crippen LogP contribution in [0.4, 0.5) is 11.4 Å². The van der Waals surface area contributed by atoms with Crippen LogP contribution in [0.15, 0.2) is 84.9 Å². The number of hydrogen-bond donors (Lipinski definition) is 2. The Hall–Kier alpha value is -3.40. The van der Waals surface area contributed by atoms with E-state index in [1.807, 2.05) is 74.5 Å². The Morgan fingerprint density at radius 3 is 1.39 bits per heavy atom. The molecule has 0 saturated heterocycles. The van der Waals surface area contributed by atoms with Crippen molar-refractivity contribution in [1.82, 2.24) is 0 Å². The van der Waals surface area contributed by atoms with Crippen LogP contribution < -0.4 is 10.6 Å². The van der Waals surface area contributed by atoms with Crippen LogP contribution in [0.2, 0.25) is 0 Å². The lowest BCUT2D eigenvalue weighted by Crippen LogP contribution is -2.22. The minimum absolute atomic E-state index is 0.0370. The summed E-state index contributed by atoms with van der Waals surface area (Å²) in [6.07, 6.45) is 0. The summed E-state index contributed by atoms with van der Waals surface area (Å²) in [5, 5.41) is 5.84. The number of carbonyl (C=O) groups is 2. The normalized spacial score (nSPS) is 10.7. The molecule has 0 saturated carbocycles. The van der Waals surface area contributed by atoms with Crippen molar-refractivity contribution < 1.29 is 9.59 Å². The predicted octanol–water partition coefficient (Wildman–Crippen LogP) is 5.05. The van der Waals surface area contributed by atoms with Crippen LogP contribution in [0.1, 0.15) is 30.9 Å². The molecule has 0 aliphatic rings. The molecule has 0 aromatic heterocycles. The summed E-state index contributed by atoms with van der Waals surface area (Å²) in [4.78, 5) is 24.9. The third-order valence-corrected chi connectivity index (χ3v) is 4.47. The Bertz CT molecular complexity index is 880. The van der Waals surface area contributed by atoms with E-state index in [9.17, 15) is 9.59 Å². The minimum Gasteiger partial charge on any atom is -0.326 e. The molecule has 3 aromatic carbocycles. The fourth-order valence-corrected chi connectivity index (χ4v) is 2.92. The fraction of sp³-hybridized carbons (Fsp3) is 0.167. The van der Waals surface area contributed by atoms with Crippen molar-refractivity contribution in [2.75, 3.05) is 10.6 Å². The first kappa shape index (κ1) is 19.4. The van der Waals surface area contributed by atoms with Crippen molar-refractivity contribution in [2.45, 2.75) is 19.8 Å². The molecule has 2 amide bonds. The molecule has 0 atom stereocenters. The molecule has 0 aliphatic carbocycles. The molecule has 0 aliphatic heterocycles. The standard InChI is InChI=1S/C24H24N2O2/c1-17(2)23(27)25-20-13-15-21(16-14-20)26-24(28)22(18-9-5-3-6-10-18)19-11-7-4-8-12-19/h3-17,22H,1-2H3,(H,25,27)(H,26,28). The van der Waals surface area contributed by atoms with E-state index in [1.54, 1.807) is 24.3 Å². The molecule has 0 fully saturated rings. The average Bonchev–Trinajstić information content (AvgIpc) is 2.71. The molecule has 0 unspecified atom stereocenters. The first-order valence-corrected chi connectivity index (χ1v) is 9.36. The van der Waals surface area contributed by atoms with Gasteiger partial charge in [0.05, 0.1) is 5.92 Å². The highest BCUT2D eigenvalue weighted by Crippen LogP contribution is 2.26. The topological polar surface area (TPSA) is 58.2 Å². The van der Waals surface area contributed by atoms with E-state index >= 15 is 0 Å². The van der Waals surface area contributed by atoms with Crippen molar-refractivity contribution in [3.63, 3.8) is 0 Å². The van der Waals surface area contributed by atoms with Crippen molar-refractivity contribution in [1.29, 1.82) is 0 Å². The monoisotopic (exact) mass is 372 g/mol. The largest absolute Gasteiger partial charge is 0.326 e. The van der Waals surface area contributed by atoms with Gasteiger partial charge in [-0.2, -0.15) is 0 Å². The molecule has 0 bridgehead atoms. The van der Waals surface area contributed by atoms with Crippen LogP contribution in [0.3, 0.4) is 0 Å². The number of carbonyl (C=O) groups excluding carboxylic acids is 2. The predicted molar refractivity (Wildman–Crippen MR) is 113 cm³/mol. The molecule has 3 aromatic rings. The first-order chi connectivity index (χ1) is 13.5. The van der Waals surface area contributed by atoms with E-state index in [2.05, 4.69) is 10.6 Å². The zero-order valence-electron chi connectivity index (χ0n) is 16.1. The fourth-order valence-electron chi connectivity index (χ4n) is 2.92. The molecule has 4 heteroatoms. The zero-order chi connectivity index (χ0) is 19.9. The van der Waals surface area contributed by atoms with E-state index < -0.39 is 5.92 Å². The lowest BCUT2D eigenvalue weighted by molar-refractivity contribution is -0.119. The smallest absolute Gasteiger partial charge is 0.236 e. The third-order valence-electron chi connectivity index (χ3n) is 4.47. The number of anilines is 2. The molecule has 0 radical (unpaired) electrons. The van der Waals surface area contributed by atoms with Gasteiger partial charge in [-0.1, -0.05) is 74.5 Å². The van der Waals surface area contributed by atoms with Crippen LogP contribution in [-0.2, 0) is 9.59 Å². The van der Waals surface area contributed by atoms with Crippen molar-refractivity contribution in [2.24, 2.45) is 5.92 Å². The van der Waals surface area contributed by atoms with Crippen molar-refractivity contribution in [3.05, 3.63) is 96.1 Å². The second-order valence-electron chi connectivity index (χ2n) is 6.96. The Morgan fingerprint density at radius 2 is 1.00 bits per heavy atom. The quantitative estimate of drug-likeness (QED) is 0.636. The van der Waals surface area contributed by atoms with E-state index in [0.29, 0.717) is 11.4 Å². The Labute approximate surface area is 165 Å². The highest BCUT2D eigenvalue weighted by atomic mass is 16.2. The second kappa shape index (κ2) is 9.00. The maximum Gasteiger partial charge on any atom is 0.236 e. The van der Waals surface area contributed by atoms with Crippen LogP contribution in [0.25, 0.3) is 0 Å². The van der Waals surface area contributed by atoms with Gasteiger partial charge in [-0.05, 0) is 35.4 Å². The Morgan fingerprint density at radius 1 is 0.607 bits per heavy atom. The van der Waals surface area contributed by atoms with Crippen LogP contribution in [0, 0.1) is 5.92 Å². The number of rotatable bonds is 6. The van der Waals surface area contributed by atoms with Gasteiger partial charge in [0.15, 0.2) is 0 Å². The van der Waals surface area contributed by atoms with Gasteiger partial charge in [-0.25, -0.2) is 0 Å². The van der Waals surface area contributed by atoms with Crippen molar-refractivity contribution >= 4 is 23.2 Å². The lowest BCUT2D eigenvalue weighted by Gasteiger charge is -2.18. The third kappa shape index (κ3) is 4.86. The van der Waals surface area contributed by atoms with Gasteiger partial charge in [0.1, 0.15) is 0 Å². The van der Waals surface area contributed by atoms with Gasteiger partial charge < -0.3 is 10.6 Å². The lowest BCUT2D eigenvalue weighted by atomic mass is 9.90. The highest BCUT2D eigenvalue weighted by Gasteiger charge is 2.22. The molecule has 0 spiro atoms. The van der Waals surface area contributed by atoms with Crippen LogP contribution >= 0.6 is 0 Å². The summed E-state index contributed by atoms with van der Waals surface area (Å²) in [5.74, 6) is -0.624. The van der Waals surface area contributed by atoms with E-state index in [1.165, 1.54) is 0 Å². The summed E-state index contributed by atoms with van der Waals surface area (Å²) in [7, 11) is 0. The van der Waals surface area contributed by atoms with Crippen LogP contribution in [-0.4, -0.2) is 11.8 Å². The molecule has 4 nitrogen and oxygen atoms in total. The van der Waals surface area contributed by atoms with E-state index in [-0.39, 0.29) is 17.7 Å². The van der Waals surface area contributed by atoms with E-state index in [0.717, 1.165) is 11.1 Å². The van der Waals surface area contributed by atoms with Crippen LogP contribution in [0.5, 0.6) is 0 Å². The Kier molecular flexibility index (Phi) is 6.22. The molecular formula is C24H24N2O2. The molecule has 0 heterocycles. The van der Waals surface area contributed by atoms with Gasteiger partial charge in [0.25, 0.3) is 0 Å². The van der Waals surface area contributed by atoms with Gasteiger partial charge >= 0.3 is 0 Å². The number of nitrogens with one attached hydrogen (secondary N) is 2.